The number of sulfonamides is 3. The van der Waals surface area contributed by atoms with Crippen LogP contribution >= 0.6 is 0 Å². The number of anilines is 3. The molecule has 7 aromatic carbocycles. The van der Waals surface area contributed by atoms with Crippen LogP contribution in [0.1, 0.15) is 68.1 Å². The van der Waals surface area contributed by atoms with Crippen molar-refractivity contribution in [2.24, 2.45) is 0 Å². The van der Waals surface area contributed by atoms with Crippen molar-refractivity contribution in [3.63, 3.8) is 0 Å². The van der Waals surface area contributed by atoms with Crippen LogP contribution in [0.5, 0.6) is 0 Å². The van der Waals surface area contributed by atoms with Crippen LogP contribution < -0.4 is 14.7 Å². The predicted octanol–water partition coefficient (Wildman–Crippen LogP) is 9.51. The van der Waals surface area contributed by atoms with Gasteiger partial charge in [0.2, 0.25) is 41.9 Å². The number of aromatic nitrogens is 10. The van der Waals surface area contributed by atoms with E-state index in [-0.39, 0.29) is 17.6 Å². The summed E-state index contributed by atoms with van der Waals surface area (Å²) in [7, 11) is -9.75. The van der Waals surface area contributed by atoms with Crippen molar-refractivity contribution in [2.75, 3.05) is 126 Å². The predicted molar refractivity (Wildman–Crippen MR) is 408 cm³/mol. The first-order chi connectivity index (χ1) is 50.4. The molecule has 104 heavy (non-hydrogen) atoms. The maximum atomic E-state index is 12.7. The molecule has 5 saturated heterocycles. The molecule has 0 radical (unpaired) electrons. The van der Waals surface area contributed by atoms with Crippen LogP contribution in [0.4, 0.5) is 17.1 Å². The summed E-state index contributed by atoms with van der Waals surface area (Å²) < 4.78 is 78.5. The van der Waals surface area contributed by atoms with Crippen LogP contribution in [0.3, 0.4) is 0 Å². The molecule has 0 saturated carbocycles. The molecule has 5 fully saturated rings. The Morgan fingerprint density at radius 3 is 1.10 bits per heavy atom. The molecule has 10 heterocycles. The number of nitrogens with one attached hydrogen (secondary N) is 5. The van der Waals surface area contributed by atoms with Crippen LogP contribution in [0.15, 0.2) is 188 Å². The minimum absolute atomic E-state index is 0.0607. The SMILES string of the molecule is CC(=O)N1CCC(c2cccc3[nH]ncc23)CC1.CC(=O)N1CCN(c2cccc3[nH]ncc23)CC1.CS(=O)(=O)N1CCC(c2cccc3[nH]ncc23)CC1.O=S(=O)(Cc1ccccc1)N1CCN(c2cccc3[nH]ncc23)CC1.O=S(=O)(c1ccccc1)N1CCN(c2cccc3[nH]ncc23)CC1. The van der Waals surface area contributed by atoms with Gasteiger partial charge in [0.25, 0.3) is 0 Å². The third kappa shape index (κ3) is 16.8. The molecule has 26 nitrogen and oxygen atoms in total. The van der Waals surface area contributed by atoms with E-state index < -0.39 is 30.1 Å². The first-order valence-electron chi connectivity index (χ1n) is 35.2. The van der Waals surface area contributed by atoms with Gasteiger partial charge in [-0.1, -0.05) is 91.0 Å². The number of fused-ring (bicyclic) bond motifs is 5. The highest BCUT2D eigenvalue weighted by Crippen LogP contribution is 2.36. The zero-order valence-electron chi connectivity index (χ0n) is 58.6. The molecule has 0 unspecified atom stereocenters. The van der Waals surface area contributed by atoms with E-state index in [1.807, 2.05) is 126 Å². The highest BCUT2D eigenvalue weighted by atomic mass is 32.2. The summed E-state index contributed by atoms with van der Waals surface area (Å²) in [5.74, 6) is 1.37. The summed E-state index contributed by atoms with van der Waals surface area (Å²) in [5.41, 5.74) is 12.1. The summed E-state index contributed by atoms with van der Waals surface area (Å²) in [6.07, 6.45) is 14.4. The van der Waals surface area contributed by atoms with Crippen LogP contribution in [0.2, 0.25) is 0 Å². The smallest absolute Gasteiger partial charge is 0.243 e. The van der Waals surface area contributed by atoms with Crippen LogP contribution in [0, 0.1) is 0 Å². The Balaban J connectivity index is 0.000000116. The lowest BCUT2D eigenvalue weighted by Gasteiger charge is -2.35. The maximum absolute atomic E-state index is 12.7. The Morgan fingerprint density at radius 2 is 0.702 bits per heavy atom. The molecular weight excluding hydrogens is 1380 g/mol. The molecule has 2 amide bonds. The van der Waals surface area contributed by atoms with Gasteiger partial charge in [-0.2, -0.15) is 34.1 Å². The molecule has 5 N–H and O–H groups in total. The molecule has 12 aromatic rings. The lowest BCUT2D eigenvalue weighted by molar-refractivity contribution is -0.130. The fraction of sp³-hybridized carbons (Fsp3) is 0.347. The summed E-state index contributed by atoms with van der Waals surface area (Å²) in [6.45, 7) is 14.2. The number of amides is 2. The lowest BCUT2D eigenvalue weighted by atomic mass is 9.87. The van der Waals surface area contributed by atoms with Crippen molar-refractivity contribution < 1.29 is 34.8 Å². The van der Waals surface area contributed by atoms with Gasteiger partial charge in [0, 0.05) is 163 Å². The Hall–Kier alpha value is -10.0. The second-order valence-electron chi connectivity index (χ2n) is 26.7. The number of piperazine rings is 3. The number of hydrogen-bond donors (Lipinski definition) is 5. The van der Waals surface area contributed by atoms with Gasteiger partial charge in [0.05, 0.1) is 75.5 Å². The van der Waals surface area contributed by atoms with E-state index in [4.69, 9.17) is 0 Å². The molecule has 17 rings (SSSR count). The van der Waals surface area contributed by atoms with E-state index in [1.54, 1.807) is 51.0 Å². The summed E-state index contributed by atoms with van der Waals surface area (Å²) >= 11 is 0. The molecule has 0 aliphatic carbocycles. The standard InChI is InChI=1S/C18H20N4O2S.C17H18N4O2S.C14H17N3O.C13H16N4O.C13H17N3O2S/c23-25(24,14-15-5-2-1-3-6-15)22-11-9-21(10-12-22)18-8-4-7-17-16(18)13-19-20-17;22-24(23,14-5-2-1-3-6-14)21-11-9-20(10-12-21)17-8-4-7-16-15(17)13-18-19-16;1-10(18)17-7-5-11(6-8-17)12-3-2-4-14-13(12)9-15-16-14;1-10(18)16-5-7-17(8-6-16)13-4-2-3-12-11(13)9-14-15-12;1-19(17,18)16-7-5-10(6-8-16)11-3-2-4-13-12(11)9-14-15-13/h1-8,13H,9-12,14H2,(H,19,20);1-8,13H,9-12H2,(H,18,19);2-4,9,11H,5-8H2,1H3,(H,15,16);2-4,9H,5-8H2,1H3,(H,14,15);2-4,9-10H,5-8H2,1H3,(H,14,15). The molecule has 5 aliphatic rings. The first kappa shape index (κ1) is 72.3. The van der Waals surface area contributed by atoms with E-state index >= 15 is 0 Å². The number of carbonyl (C=O) groups is 2. The van der Waals surface area contributed by atoms with Gasteiger partial charge in [0.15, 0.2) is 0 Å². The van der Waals surface area contributed by atoms with E-state index in [0.717, 1.165) is 131 Å². The molecule has 0 bridgehead atoms. The number of hydrogen-bond acceptors (Lipinski definition) is 16. The highest BCUT2D eigenvalue weighted by molar-refractivity contribution is 7.89. The van der Waals surface area contributed by atoms with Gasteiger partial charge in [-0.25, -0.2) is 29.6 Å². The largest absolute Gasteiger partial charge is 0.368 e. The normalized spacial score (nSPS) is 17.0. The van der Waals surface area contributed by atoms with Gasteiger partial charge >= 0.3 is 0 Å². The molecule has 0 spiro atoms. The third-order valence-corrected chi connectivity index (χ3v) is 25.4. The fourth-order valence-electron chi connectivity index (χ4n) is 14.6. The minimum Gasteiger partial charge on any atom is -0.368 e. The number of benzene rings is 7. The van der Waals surface area contributed by atoms with Crippen molar-refractivity contribution in [3.8, 4) is 0 Å². The topological polar surface area (TPSA) is 306 Å². The van der Waals surface area contributed by atoms with E-state index in [2.05, 4.69) is 108 Å². The van der Waals surface area contributed by atoms with E-state index in [9.17, 15) is 34.8 Å². The monoisotopic (exact) mass is 1460 g/mol. The number of aromatic amines is 5. The fourth-order valence-corrected chi connectivity index (χ4v) is 18.5. The van der Waals surface area contributed by atoms with Crippen molar-refractivity contribution in [2.45, 2.75) is 62.0 Å². The summed E-state index contributed by atoms with van der Waals surface area (Å²) in [4.78, 5) is 33.6. The third-order valence-electron chi connectivity index (χ3n) is 20.4. The average molecular weight is 1470 g/mol. The van der Waals surface area contributed by atoms with E-state index in [1.165, 1.54) is 28.5 Å². The van der Waals surface area contributed by atoms with Crippen LogP contribution in [0.25, 0.3) is 54.5 Å². The van der Waals surface area contributed by atoms with E-state index in [0.29, 0.717) is 82.2 Å². The first-order valence-corrected chi connectivity index (χ1v) is 40.1. The van der Waals surface area contributed by atoms with Crippen LogP contribution in [-0.2, 0) is 45.4 Å². The molecular formula is C75H88N18O8S3. The number of piperidine rings is 2. The van der Waals surface area contributed by atoms with Crippen molar-refractivity contribution in [1.29, 1.82) is 0 Å². The number of nitrogens with zero attached hydrogens (tertiary/aromatic N) is 13. The minimum atomic E-state index is -3.41. The Bertz CT molecular complexity index is 5120. The van der Waals surface area contributed by atoms with Gasteiger partial charge < -0.3 is 24.5 Å². The summed E-state index contributed by atoms with van der Waals surface area (Å²) in [6, 6.07) is 48.7. The number of carbonyl (C=O) groups excluding carboxylic acids is 2. The Morgan fingerprint density at radius 1 is 0.365 bits per heavy atom. The van der Waals surface area contributed by atoms with Crippen molar-refractivity contribution >= 4 is 113 Å². The quantitative estimate of drug-likeness (QED) is 0.0805. The van der Waals surface area contributed by atoms with Crippen LogP contribution in [-0.4, -0.2) is 222 Å². The second kappa shape index (κ2) is 32.3. The average Bonchev–Trinajstić information content (AvgIpc) is 1.16. The molecule has 29 heteroatoms. The molecule has 5 aliphatic heterocycles. The lowest BCUT2D eigenvalue weighted by Crippen LogP contribution is -2.49. The zero-order chi connectivity index (χ0) is 72.4. The number of rotatable bonds is 11. The highest BCUT2D eigenvalue weighted by Gasteiger charge is 2.32. The van der Waals surface area contributed by atoms with Crippen molar-refractivity contribution in [3.05, 3.63) is 199 Å². The van der Waals surface area contributed by atoms with Gasteiger partial charge in [0.1, 0.15) is 0 Å². The number of likely N-dealkylation sites (tertiary alicyclic amines) is 1. The van der Waals surface area contributed by atoms with Gasteiger partial charge in [-0.05, 0) is 115 Å². The van der Waals surface area contributed by atoms with Crippen molar-refractivity contribution in [1.82, 2.24) is 73.7 Å². The Labute approximate surface area is 605 Å². The molecule has 0 atom stereocenters. The molecule has 544 valence electrons. The zero-order valence-corrected chi connectivity index (χ0v) is 61.1. The summed E-state index contributed by atoms with van der Waals surface area (Å²) in [5, 5.41) is 41.0. The van der Waals surface area contributed by atoms with Gasteiger partial charge in [-0.15, -0.1) is 0 Å². The van der Waals surface area contributed by atoms with Gasteiger partial charge in [-0.3, -0.25) is 35.1 Å². The number of H-pyrrole nitrogens is 5. The molecule has 5 aromatic heterocycles. The maximum Gasteiger partial charge on any atom is 0.243 e. The second-order valence-corrected chi connectivity index (χ2v) is 32.6. The Kier molecular flexibility index (Phi) is 22.5.